The zero-order valence-electron chi connectivity index (χ0n) is 11.4. The van der Waals surface area contributed by atoms with Crippen LogP contribution in [0.5, 0.6) is 0 Å². The number of hydrogen-bond donors (Lipinski definition) is 2. The molecule has 0 bridgehead atoms. The second-order valence-electron chi connectivity index (χ2n) is 4.29. The van der Waals surface area contributed by atoms with E-state index in [2.05, 4.69) is 27.1 Å². The van der Waals surface area contributed by atoms with Crippen molar-refractivity contribution in [3.8, 4) is 11.8 Å². The predicted molar refractivity (Wildman–Crippen MR) is 78.2 cm³/mol. The van der Waals surface area contributed by atoms with Gasteiger partial charge in [-0.05, 0) is 17.7 Å². The maximum absolute atomic E-state index is 11.9. The molecule has 5 heteroatoms. The Bertz CT molecular complexity index is 660. The number of hydrogen-bond acceptors (Lipinski definition) is 4. The quantitative estimate of drug-likeness (QED) is 0.824. The molecule has 0 aliphatic carbocycles. The number of aliphatic hydroxyl groups is 1. The fourth-order valence-corrected chi connectivity index (χ4v) is 1.68. The van der Waals surface area contributed by atoms with Gasteiger partial charge in [0.2, 0.25) is 0 Å². The fraction of sp³-hybridized carbons (Fsp3) is 0.188. The highest BCUT2D eigenvalue weighted by molar-refractivity contribution is 5.93. The summed E-state index contributed by atoms with van der Waals surface area (Å²) in [6.45, 7) is 0.463. The van der Waals surface area contributed by atoms with Gasteiger partial charge in [-0.1, -0.05) is 24.0 Å². The summed E-state index contributed by atoms with van der Waals surface area (Å²) in [6.07, 6.45) is 4.78. The molecule has 0 saturated heterocycles. The zero-order valence-corrected chi connectivity index (χ0v) is 11.4. The van der Waals surface area contributed by atoms with Crippen LogP contribution in [0.1, 0.15) is 27.9 Å². The van der Waals surface area contributed by atoms with Crippen LogP contribution in [0.15, 0.2) is 43.0 Å². The van der Waals surface area contributed by atoms with Gasteiger partial charge in [-0.3, -0.25) is 4.79 Å². The Morgan fingerprint density at radius 1 is 1.29 bits per heavy atom. The van der Waals surface area contributed by atoms with Crippen LogP contribution in [0.3, 0.4) is 0 Å². The van der Waals surface area contributed by atoms with E-state index >= 15 is 0 Å². The minimum atomic E-state index is -0.215. The third-order valence-electron chi connectivity index (χ3n) is 2.67. The van der Waals surface area contributed by atoms with E-state index in [9.17, 15) is 4.79 Å². The number of nitrogens with zero attached hydrogens (tertiary/aromatic N) is 2. The monoisotopic (exact) mass is 281 g/mol. The van der Waals surface area contributed by atoms with Gasteiger partial charge in [0.05, 0.1) is 12.2 Å². The van der Waals surface area contributed by atoms with E-state index in [4.69, 9.17) is 5.11 Å². The Morgan fingerprint density at radius 2 is 2.10 bits per heavy atom. The Kier molecular flexibility index (Phi) is 5.44. The third kappa shape index (κ3) is 4.71. The van der Waals surface area contributed by atoms with Crippen molar-refractivity contribution in [1.29, 1.82) is 0 Å². The molecule has 1 aromatic heterocycles. The van der Waals surface area contributed by atoms with Crippen LogP contribution in [-0.4, -0.2) is 27.6 Å². The molecule has 1 amide bonds. The summed E-state index contributed by atoms with van der Waals surface area (Å²) in [5.41, 5.74) is 2.24. The SMILES string of the molecule is O=C(NCc1cccc(C#CCCO)c1)c1cncnc1. The van der Waals surface area contributed by atoms with Crippen LogP contribution < -0.4 is 5.32 Å². The molecule has 0 fully saturated rings. The average molecular weight is 281 g/mol. The van der Waals surface area contributed by atoms with Gasteiger partial charge in [-0.15, -0.1) is 0 Å². The lowest BCUT2D eigenvalue weighted by Crippen LogP contribution is -2.23. The Labute approximate surface area is 123 Å². The first-order valence-corrected chi connectivity index (χ1v) is 6.51. The van der Waals surface area contributed by atoms with E-state index in [1.165, 1.54) is 18.7 Å². The van der Waals surface area contributed by atoms with Gasteiger partial charge in [0.1, 0.15) is 6.33 Å². The highest BCUT2D eigenvalue weighted by atomic mass is 16.2. The van der Waals surface area contributed by atoms with Gasteiger partial charge in [0.15, 0.2) is 0 Å². The largest absolute Gasteiger partial charge is 0.395 e. The fourth-order valence-electron chi connectivity index (χ4n) is 1.68. The number of carbonyl (C=O) groups is 1. The number of carbonyl (C=O) groups excluding carboxylic acids is 1. The van der Waals surface area contributed by atoms with Crippen LogP contribution in [0.25, 0.3) is 0 Å². The maximum atomic E-state index is 11.9. The second-order valence-corrected chi connectivity index (χ2v) is 4.29. The lowest BCUT2D eigenvalue weighted by Gasteiger charge is -2.05. The summed E-state index contributed by atoms with van der Waals surface area (Å²) in [4.78, 5) is 19.5. The summed E-state index contributed by atoms with van der Waals surface area (Å²) in [6, 6.07) is 7.60. The summed E-state index contributed by atoms with van der Waals surface area (Å²) >= 11 is 0. The zero-order chi connectivity index (χ0) is 14.9. The normalized spacial score (nSPS) is 9.57. The van der Waals surface area contributed by atoms with Crippen molar-refractivity contribution in [2.24, 2.45) is 0 Å². The molecule has 5 nitrogen and oxygen atoms in total. The van der Waals surface area contributed by atoms with Crippen molar-refractivity contribution in [1.82, 2.24) is 15.3 Å². The van der Waals surface area contributed by atoms with Gasteiger partial charge in [0.25, 0.3) is 5.91 Å². The Hall–Kier alpha value is -2.71. The van der Waals surface area contributed by atoms with E-state index in [0.717, 1.165) is 11.1 Å². The number of amides is 1. The molecule has 0 aliphatic heterocycles. The number of rotatable bonds is 4. The van der Waals surface area contributed by atoms with E-state index in [-0.39, 0.29) is 12.5 Å². The molecule has 0 spiro atoms. The Morgan fingerprint density at radius 3 is 2.86 bits per heavy atom. The molecule has 0 atom stereocenters. The third-order valence-corrected chi connectivity index (χ3v) is 2.67. The van der Waals surface area contributed by atoms with Crippen LogP contribution >= 0.6 is 0 Å². The first-order valence-electron chi connectivity index (χ1n) is 6.51. The molecule has 106 valence electrons. The predicted octanol–water partition coefficient (Wildman–Crippen LogP) is 1.14. The molecule has 0 aliphatic rings. The maximum Gasteiger partial charge on any atom is 0.254 e. The Balaban J connectivity index is 1.96. The molecule has 21 heavy (non-hydrogen) atoms. The molecule has 1 aromatic carbocycles. The molecule has 0 unspecified atom stereocenters. The molecule has 0 radical (unpaired) electrons. The van der Waals surface area contributed by atoms with Crippen molar-refractivity contribution >= 4 is 5.91 Å². The first kappa shape index (κ1) is 14.7. The minimum absolute atomic E-state index is 0.0574. The molecular formula is C16H15N3O2. The summed E-state index contributed by atoms with van der Waals surface area (Å²) in [5.74, 6) is 5.61. The molecule has 1 heterocycles. The highest BCUT2D eigenvalue weighted by Gasteiger charge is 2.05. The minimum Gasteiger partial charge on any atom is -0.395 e. The first-order chi connectivity index (χ1) is 10.3. The summed E-state index contributed by atoms with van der Waals surface area (Å²) in [5, 5.41) is 11.5. The number of aromatic nitrogens is 2. The van der Waals surface area contributed by atoms with Crippen molar-refractivity contribution in [3.63, 3.8) is 0 Å². The van der Waals surface area contributed by atoms with Crippen LogP contribution in [0.4, 0.5) is 0 Å². The molecular weight excluding hydrogens is 266 g/mol. The van der Waals surface area contributed by atoms with Crippen molar-refractivity contribution in [2.45, 2.75) is 13.0 Å². The lowest BCUT2D eigenvalue weighted by atomic mass is 10.1. The van der Waals surface area contributed by atoms with Gasteiger partial charge in [-0.25, -0.2) is 9.97 Å². The van der Waals surface area contributed by atoms with Gasteiger partial charge >= 0.3 is 0 Å². The average Bonchev–Trinajstić information content (AvgIpc) is 2.54. The van der Waals surface area contributed by atoms with E-state index in [0.29, 0.717) is 18.5 Å². The standard InChI is InChI=1S/C16H15N3O2/c20-7-2-1-4-13-5-3-6-14(8-13)9-19-16(21)15-10-17-12-18-11-15/h3,5-6,8,10-12,20H,2,7,9H2,(H,19,21). The lowest BCUT2D eigenvalue weighted by molar-refractivity contribution is 0.0950. The van der Waals surface area contributed by atoms with Gasteiger partial charge in [-0.2, -0.15) is 0 Å². The molecule has 0 saturated carbocycles. The number of aliphatic hydroxyl groups excluding tert-OH is 1. The van der Waals surface area contributed by atoms with Crippen LogP contribution in [0.2, 0.25) is 0 Å². The highest BCUT2D eigenvalue weighted by Crippen LogP contribution is 2.04. The van der Waals surface area contributed by atoms with Crippen molar-refractivity contribution in [2.75, 3.05) is 6.61 Å². The molecule has 2 N–H and O–H groups in total. The second kappa shape index (κ2) is 7.78. The molecule has 2 aromatic rings. The van der Waals surface area contributed by atoms with E-state index < -0.39 is 0 Å². The van der Waals surface area contributed by atoms with Crippen molar-refractivity contribution in [3.05, 3.63) is 59.7 Å². The summed E-state index contributed by atoms with van der Waals surface area (Å²) < 4.78 is 0. The van der Waals surface area contributed by atoms with Crippen molar-refractivity contribution < 1.29 is 9.90 Å². The smallest absolute Gasteiger partial charge is 0.254 e. The van der Waals surface area contributed by atoms with E-state index in [1.54, 1.807) is 0 Å². The topological polar surface area (TPSA) is 75.1 Å². The van der Waals surface area contributed by atoms with Crippen LogP contribution in [0, 0.1) is 11.8 Å². The van der Waals surface area contributed by atoms with E-state index in [1.807, 2.05) is 24.3 Å². The summed E-state index contributed by atoms with van der Waals surface area (Å²) in [7, 11) is 0. The molecule has 2 rings (SSSR count). The van der Waals surface area contributed by atoms with Crippen LogP contribution in [-0.2, 0) is 6.54 Å². The number of nitrogens with one attached hydrogen (secondary N) is 1. The van der Waals surface area contributed by atoms with Gasteiger partial charge in [0, 0.05) is 30.9 Å². The van der Waals surface area contributed by atoms with Gasteiger partial charge < -0.3 is 10.4 Å². The number of benzene rings is 1.